The van der Waals surface area contributed by atoms with Gasteiger partial charge in [-0.3, -0.25) is 9.78 Å². The van der Waals surface area contributed by atoms with Crippen LogP contribution in [-0.2, 0) is 4.74 Å². The van der Waals surface area contributed by atoms with E-state index in [0.29, 0.717) is 5.02 Å². The molecule has 1 heterocycles. The molecule has 1 aromatic heterocycles. The average molecular weight is 258 g/mol. The summed E-state index contributed by atoms with van der Waals surface area (Å²) >= 11 is 5.68. The molecule has 92 valence electrons. The molecule has 1 aromatic rings. The van der Waals surface area contributed by atoms with Gasteiger partial charge in [-0.25, -0.2) is 0 Å². The van der Waals surface area contributed by atoms with Crippen LogP contribution in [0, 0.1) is 0 Å². The number of pyridine rings is 1. The Morgan fingerprint density at radius 2 is 2.24 bits per heavy atom. The van der Waals surface area contributed by atoms with Crippen LogP contribution >= 0.6 is 11.6 Å². The first-order valence-electron chi connectivity index (χ1n) is 4.82. The van der Waals surface area contributed by atoms with Crippen molar-refractivity contribution in [2.45, 2.75) is 6.42 Å². The summed E-state index contributed by atoms with van der Waals surface area (Å²) in [6.45, 7) is 0.201. The summed E-state index contributed by atoms with van der Waals surface area (Å²) in [4.78, 5) is 15.4. The number of halogens is 1. The third-order valence-corrected chi connectivity index (χ3v) is 2.22. The molecule has 0 saturated heterocycles. The van der Waals surface area contributed by atoms with E-state index in [4.69, 9.17) is 16.3 Å². The second-order valence-electron chi connectivity index (χ2n) is 3.23. The normalized spacial score (nSPS) is 12.1. The van der Waals surface area contributed by atoms with Crippen LogP contribution in [0.2, 0.25) is 5.02 Å². The van der Waals surface area contributed by atoms with Gasteiger partial charge in [-0.05, 0) is 12.1 Å². The largest absolute Gasteiger partial charge is 0.508 e. The number of methoxy groups -OCH3 is 1. The van der Waals surface area contributed by atoms with Crippen molar-refractivity contribution in [3.63, 3.8) is 0 Å². The number of rotatable bonds is 5. The van der Waals surface area contributed by atoms with Crippen LogP contribution in [-0.4, -0.2) is 34.7 Å². The van der Waals surface area contributed by atoms with Crippen LogP contribution in [0.3, 0.4) is 0 Å². The zero-order valence-electron chi connectivity index (χ0n) is 9.18. The maximum absolute atomic E-state index is 11.7. The van der Waals surface area contributed by atoms with Gasteiger partial charge in [0.1, 0.15) is 11.5 Å². The summed E-state index contributed by atoms with van der Waals surface area (Å²) in [5.74, 6) is -1.95. The molecule has 0 aliphatic rings. The monoisotopic (exact) mass is 257 g/mol. The molecule has 2 N–H and O–H groups in total. The molecule has 0 aromatic carbocycles. The first-order valence-corrected chi connectivity index (χ1v) is 5.20. The molecular formula is C11H12ClNO4. The minimum atomic E-state index is -0.777. The second kappa shape index (κ2) is 6.22. The van der Waals surface area contributed by atoms with Gasteiger partial charge in [0.2, 0.25) is 11.5 Å². The highest BCUT2D eigenvalue weighted by Crippen LogP contribution is 2.13. The fourth-order valence-corrected chi connectivity index (χ4v) is 1.26. The summed E-state index contributed by atoms with van der Waals surface area (Å²) in [7, 11) is 1.45. The van der Waals surface area contributed by atoms with Crippen molar-refractivity contribution in [2.75, 3.05) is 13.7 Å². The Labute approximate surface area is 103 Å². The highest BCUT2D eigenvalue weighted by molar-refractivity contribution is 6.31. The number of aliphatic hydroxyl groups excluding tert-OH is 2. The molecule has 1 rings (SSSR count). The minimum absolute atomic E-state index is 0.0287. The van der Waals surface area contributed by atoms with Crippen molar-refractivity contribution in [2.24, 2.45) is 0 Å². The molecule has 0 unspecified atom stereocenters. The van der Waals surface area contributed by atoms with E-state index in [1.807, 2.05) is 0 Å². The molecule has 0 saturated carbocycles. The van der Waals surface area contributed by atoms with E-state index >= 15 is 0 Å². The lowest BCUT2D eigenvalue weighted by molar-refractivity contribution is 0.0954. The number of hydrogen-bond acceptors (Lipinski definition) is 5. The number of carbonyl (C=O) groups excluding carboxylic acids is 1. The molecule has 5 nitrogen and oxygen atoms in total. The molecule has 0 atom stereocenters. The van der Waals surface area contributed by atoms with Gasteiger partial charge in [0.05, 0.1) is 6.61 Å². The summed E-state index contributed by atoms with van der Waals surface area (Å²) in [6.07, 6.45) is 1.39. The van der Waals surface area contributed by atoms with Crippen LogP contribution in [0.5, 0.6) is 0 Å². The van der Waals surface area contributed by atoms with E-state index in [9.17, 15) is 15.0 Å². The number of ketones is 1. The lowest BCUT2D eigenvalue weighted by atomic mass is 10.2. The fourth-order valence-electron chi connectivity index (χ4n) is 1.10. The standard InChI is InChI=1S/C11H12ClNO4/c1-17-5-3-9(14)11(16)10(15)8-6-7(12)2-4-13-8/h2,4,6,14,16H,3,5H2,1H3. The molecule has 0 amide bonds. The predicted octanol–water partition coefficient (Wildman–Crippen LogP) is 2.28. The van der Waals surface area contributed by atoms with Crippen LogP contribution in [0.25, 0.3) is 0 Å². The summed E-state index contributed by atoms with van der Waals surface area (Å²) < 4.78 is 4.71. The van der Waals surface area contributed by atoms with Gasteiger partial charge in [-0.2, -0.15) is 0 Å². The maximum Gasteiger partial charge on any atom is 0.249 e. The van der Waals surface area contributed by atoms with Gasteiger partial charge in [0, 0.05) is 24.8 Å². The van der Waals surface area contributed by atoms with Crippen molar-refractivity contribution < 1.29 is 19.7 Å². The lowest BCUT2D eigenvalue weighted by Crippen LogP contribution is -2.09. The third-order valence-electron chi connectivity index (χ3n) is 1.99. The summed E-state index contributed by atoms with van der Waals surface area (Å²) in [6, 6.07) is 2.81. The Kier molecular flexibility index (Phi) is 4.93. The van der Waals surface area contributed by atoms with Crippen LogP contribution in [0.1, 0.15) is 16.9 Å². The Hall–Kier alpha value is -1.59. The van der Waals surface area contributed by atoms with Crippen LogP contribution in [0.15, 0.2) is 29.8 Å². The number of ether oxygens (including phenoxy) is 1. The van der Waals surface area contributed by atoms with Gasteiger partial charge in [-0.1, -0.05) is 11.6 Å². The van der Waals surface area contributed by atoms with Crippen molar-refractivity contribution in [1.29, 1.82) is 0 Å². The second-order valence-corrected chi connectivity index (χ2v) is 3.66. The lowest BCUT2D eigenvalue weighted by Gasteiger charge is -2.03. The molecule has 0 fully saturated rings. The van der Waals surface area contributed by atoms with Crippen molar-refractivity contribution in [3.8, 4) is 0 Å². The smallest absolute Gasteiger partial charge is 0.249 e. The first-order chi connectivity index (χ1) is 8.06. The molecule has 0 aliphatic carbocycles. The Morgan fingerprint density at radius 1 is 1.53 bits per heavy atom. The molecule has 17 heavy (non-hydrogen) atoms. The highest BCUT2D eigenvalue weighted by atomic mass is 35.5. The van der Waals surface area contributed by atoms with Gasteiger partial charge < -0.3 is 14.9 Å². The zero-order valence-corrected chi connectivity index (χ0v) is 9.94. The summed E-state index contributed by atoms with van der Waals surface area (Å²) in [5.41, 5.74) is -0.0287. The van der Waals surface area contributed by atoms with E-state index in [-0.39, 0.29) is 18.7 Å². The van der Waals surface area contributed by atoms with Gasteiger partial charge >= 0.3 is 0 Å². The molecular weight excluding hydrogens is 246 g/mol. The van der Waals surface area contributed by atoms with Crippen molar-refractivity contribution >= 4 is 17.4 Å². The molecule has 0 radical (unpaired) electrons. The van der Waals surface area contributed by atoms with Gasteiger partial charge in [-0.15, -0.1) is 0 Å². The van der Waals surface area contributed by atoms with E-state index < -0.39 is 17.3 Å². The fraction of sp³-hybridized carbons (Fsp3) is 0.273. The van der Waals surface area contributed by atoms with Gasteiger partial charge in [0.25, 0.3) is 0 Å². The first kappa shape index (κ1) is 13.5. The number of allylic oxidation sites excluding steroid dienone is 1. The van der Waals surface area contributed by atoms with E-state index in [1.165, 1.54) is 25.4 Å². The van der Waals surface area contributed by atoms with E-state index in [0.717, 1.165) is 0 Å². The quantitative estimate of drug-likeness (QED) is 0.481. The Morgan fingerprint density at radius 3 is 2.82 bits per heavy atom. The van der Waals surface area contributed by atoms with Crippen LogP contribution < -0.4 is 0 Å². The van der Waals surface area contributed by atoms with Crippen LogP contribution in [0.4, 0.5) is 0 Å². The SMILES string of the molecule is COCCC(O)=C(O)C(=O)c1cc(Cl)ccn1. The number of nitrogens with zero attached hydrogens (tertiary/aromatic N) is 1. The average Bonchev–Trinajstić information content (AvgIpc) is 2.34. The minimum Gasteiger partial charge on any atom is -0.508 e. The molecule has 0 bridgehead atoms. The predicted molar refractivity (Wildman–Crippen MR) is 62.4 cm³/mol. The number of aromatic nitrogens is 1. The number of Topliss-reactive ketones (excluding diaryl/α,β-unsaturated/α-hetero) is 1. The van der Waals surface area contributed by atoms with Gasteiger partial charge in [0.15, 0.2) is 0 Å². The topological polar surface area (TPSA) is 79.6 Å². The third kappa shape index (κ3) is 3.72. The zero-order chi connectivity index (χ0) is 12.8. The van der Waals surface area contributed by atoms with Crippen molar-refractivity contribution in [3.05, 3.63) is 40.6 Å². The molecule has 0 spiro atoms. The molecule has 0 aliphatic heterocycles. The Bertz CT molecular complexity index is 445. The van der Waals surface area contributed by atoms with E-state index in [1.54, 1.807) is 0 Å². The molecule has 6 heteroatoms. The van der Waals surface area contributed by atoms with E-state index in [2.05, 4.69) is 4.98 Å². The number of hydrogen-bond donors (Lipinski definition) is 2. The van der Waals surface area contributed by atoms with Crippen molar-refractivity contribution in [1.82, 2.24) is 4.98 Å². The summed E-state index contributed by atoms with van der Waals surface area (Å²) in [5, 5.41) is 19.2. The number of aliphatic hydroxyl groups is 2. The maximum atomic E-state index is 11.7. The highest BCUT2D eigenvalue weighted by Gasteiger charge is 2.17. The number of carbonyl (C=O) groups is 1. The Balaban J connectivity index is 2.89.